The quantitative estimate of drug-likeness (QED) is 0.390. The van der Waals surface area contributed by atoms with Gasteiger partial charge >= 0.3 is 0 Å². The molecule has 0 amide bonds. The lowest BCUT2D eigenvalue weighted by Gasteiger charge is -2.34. The van der Waals surface area contributed by atoms with Crippen LogP contribution >= 0.6 is 24.0 Å². The molecule has 1 aliphatic rings. The molecule has 1 heterocycles. The van der Waals surface area contributed by atoms with Crippen LogP contribution in [0.3, 0.4) is 0 Å². The molecule has 2 rings (SSSR count). The van der Waals surface area contributed by atoms with Crippen molar-refractivity contribution in [2.24, 2.45) is 10.9 Å². The van der Waals surface area contributed by atoms with E-state index in [2.05, 4.69) is 65.6 Å². The smallest absolute Gasteiger partial charge is 0.191 e. The second-order valence-electron chi connectivity index (χ2n) is 6.88. The number of nitrogens with zero attached hydrogens (tertiary/aromatic N) is 2. The van der Waals surface area contributed by atoms with E-state index in [4.69, 9.17) is 4.74 Å². The molecule has 1 unspecified atom stereocenters. The molecule has 0 saturated carbocycles. The molecule has 1 aromatic rings. The number of morpholine rings is 1. The first kappa shape index (κ1) is 22.2. The lowest BCUT2D eigenvalue weighted by atomic mass is 10.1. The number of aryl methyl sites for hydroxylation is 1. The number of nitrogens with one attached hydrogen (secondary N) is 2. The summed E-state index contributed by atoms with van der Waals surface area (Å²) in [4.78, 5) is 6.80. The molecule has 0 aliphatic carbocycles. The van der Waals surface area contributed by atoms with Gasteiger partial charge in [-0.05, 0) is 24.0 Å². The van der Waals surface area contributed by atoms with Gasteiger partial charge in [0.05, 0.1) is 12.7 Å². The summed E-state index contributed by atoms with van der Waals surface area (Å²) < 4.78 is 5.88. The standard InChI is InChI=1S/C19H32N4O.HI/c1-15(2)13-23-9-10-24-18(14-23)12-22-19(20-4)21-11-17-8-6-5-7-16(17)3;/h5-8,15,18H,9-14H2,1-4H3,(H2,20,21,22);1H. The number of halogens is 1. The summed E-state index contributed by atoms with van der Waals surface area (Å²) in [6, 6.07) is 8.41. The van der Waals surface area contributed by atoms with E-state index in [1.54, 1.807) is 7.05 Å². The van der Waals surface area contributed by atoms with Crippen molar-refractivity contribution in [3.8, 4) is 0 Å². The lowest BCUT2D eigenvalue weighted by Crippen LogP contribution is -2.50. The van der Waals surface area contributed by atoms with E-state index < -0.39 is 0 Å². The number of hydrogen-bond acceptors (Lipinski definition) is 3. The number of guanidine groups is 1. The Kier molecular flexibility index (Phi) is 10.4. The molecule has 0 bridgehead atoms. The van der Waals surface area contributed by atoms with Crippen LogP contribution in [0.2, 0.25) is 0 Å². The average Bonchev–Trinajstić information content (AvgIpc) is 2.56. The number of ether oxygens (including phenoxy) is 1. The van der Waals surface area contributed by atoms with Crippen LogP contribution in [-0.2, 0) is 11.3 Å². The lowest BCUT2D eigenvalue weighted by molar-refractivity contribution is -0.0284. The second kappa shape index (κ2) is 11.7. The Morgan fingerprint density at radius 1 is 1.32 bits per heavy atom. The molecule has 0 radical (unpaired) electrons. The number of rotatable bonds is 6. The average molecular weight is 460 g/mol. The van der Waals surface area contributed by atoms with E-state index in [1.807, 2.05) is 0 Å². The van der Waals surface area contributed by atoms with Crippen LogP contribution in [-0.4, -0.2) is 56.8 Å². The fraction of sp³-hybridized carbons (Fsp3) is 0.632. The Bertz CT molecular complexity index is 536. The monoisotopic (exact) mass is 460 g/mol. The first-order valence-corrected chi connectivity index (χ1v) is 8.91. The Morgan fingerprint density at radius 3 is 2.76 bits per heavy atom. The minimum Gasteiger partial charge on any atom is -0.374 e. The van der Waals surface area contributed by atoms with Crippen LogP contribution in [0.1, 0.15) is 25.0 Å². The molecule has 0 aromatic heterocycles. The maximum Gasteiger partial charge on any atom is 0.191 e. The van der Waals surface area contributed by atoms with Gasteiger partial charge < -0.3 is 15.4 Å². The van der Waals surface area contributed by atoms with Crippen molar-refractivity contribution in [3.05, 3.63) is 35.4 Å². The van der Waals surface area contributed by atoms with Crippen molar-refractivity contribution < 1.29 is 4.74 Å². The van der Waals surface area contributed by atoms with Crippen LogP contribution in [0.5, 0.6) is 0 Å². The highest BCUT2D eigenvalue weighted by Gasteiger charge is 2.21. The minimum atomic E-state index is 0. The normalized spacial score (nSPS) is 18.8. The van der Waals surface area contributed by atoms with Crippen molar-refractivity contribution in [2.75, 3.05) is 39.8 Å². The van der Waals surface area contributed by atoms with E-state index in [9.17, 15) is 0 Å². The summed E-state index contributed by atoms with van der Waals surface area (Å²) >= 11 is 0. The SMILES string of the molecule is CN=C(NCc1ccccc1C)NCC1CN(CC(C)C)CCO1.I. The first-order valence-electron chi connectivity index (χ1n) is 8.91. The summed E-state index contributed by atoms with van der Waals surface area (Å²) in [7, 11) is 1.81. The molecule has 1 aliphatic heterocycles. The highest BCUT2D eigenvalue weighted by molar-refractivity contribution is 14.0. The number of hydrogen-bond donors (Lipinski definition) is 2. The van der Waals surface area contributed by atoms with Crippen molar-refractivity contribution in [2.45, 2.75) is 33.4 Å². The third kappa shape index (κ3) is 7.92. The molecule has 1 atom stereocenters. The van der Waals surface area contributed by atoms with Crippen LogP contribution in [0.15, 0.2) is 29.3 Å². The van der Waals surface area contributed by atoms with Crippen LogP contribution in [0.25, 0.3) is 0 Å². The summed E-state index contributed by atoms with van der Waals surface area (Å²) in [5, 5.41) is 6.77. The Hall–Kier alpha value is -0.860. The molecule has 0 spiro atoms. The van der Waals surface area contributed by atoms with Gasteiger partial charge in [-0.25, -0.2) is 0 Å². The minimum absolute atomic E-state index is 0. The van der Waals surface area contributed by atoms with Gasteiger partial charge in [0.1, 0.15) is 0 Å². The van der Waals surface area contributed by atoms with Gasteiger partial charge in [0.15, 0.2) is 5.96 Å². The van der Waals surface area contributed by atoms with Gasteiger partial charge in [0.2, 0.25) is 0 Å². The van der Waals surface area contributed by atoms with E-state index >= 15 is 0 Å². The molecule has 5 nitrogen and oxygen atoms in total. The van der Waals surface area contributed by atoms with Crippen LogP contribution in [0.4, 0.5) is 0 Å². The molecule has 1 aromatic carbocycles. The highest BCUT2D eigenvalue weighted by Crippen LogP contribution is 2.08. The van der Waals surface area contributed by atoms with Crippen LogP contribution < -0.4 is 10.6 Å². The molecule has 2 N–H and O–H groups in total. The molecular formula is C19H33IN4O. The van der Waals surface area contributed by atoms with E-state index in [0.717, 1.165) is 45.3 Å². The van der Waals surface area contributed by atoms with Crippen molar-refractivity contribution in [1.82, 2.24) is 15.5 Å². The Labute approximate surface area is 169 Å². The van der Waals surface area contributed by atoms with Gasteiger partial charge in [-0.1, -0.05) is 38.1 Å². The Morgan fingerprint density at radius 2 is 2.08 bits per heavy atom. The largest absolute Gasteiger partial charge is 0.374 e. The molecule has 142 valence electrons. The van der Waals surface area contributed by atoms with Gasteiger partial charge in [0.25, 0.3) is 0 Å². The molecule has 25 heavy (non-hydrogen) atoms. The fourth-order valence-electron chi connectivity index (χ4n) is 3.00. The highest BCUT2D eigenvalue weighted by atomic mass is 127. The molecule has 1 saturated heterocycles. The van der Waals surface area contributed by atoms with Crippen molar-refractivity contribution in [1.29, 1.82) is 0 Å². The maximum absolute atomic E-state index is 5.88. The molecule has 1 fully saturated rings. The van der Waals surface area contributed by atoms with Crippen molar-refractivity contribution in [3.63, 3.8) is 0 Å². The Balaban J connectivity index is 0.00000312. The zero-order chi connectivity index (χ0) is 17.4. The third-order valence-electron chi connectivity index (χ3n) is 4.27. The van der Waals surface area contributed by atoms with Crippen LogP contribution in [0, 0.1) is 12.8 Å². The molecule has 6 heteroatoms. The van der Waals surface area contributed by atoms with Gasteiger partial charge in [-0.15, -0.1) is 24.0 Å². The second-order valence-corrected chi connectivity index (χ2v) is 6.88. The molecular weight excluding hydrogens is 427 g/mol. The summed E-state index contributed by atoms with van der Waals surface area (Å²) in [5.74, 6) is 1.52. The van der Waals surface area contributed by atoms with Gasteiger partial charge in [-0.2, -0.15) is 0 Å². The fourth-order valence-corrected chi connectivity index (χ4v) is 3.00. The summed E-state index contributed by atoms with van der Waals surface area (Å²) in [6.07, 6.45) is 0.217. The summed E-state index contributed by atoms with van der Waals surface area (Å²) in [6.45, 7) is 12.2. The number of benzene rings is 1. The van der Waals surface area contributed by atoms with Crippen molar-refractivity contribution >= 4 is 29.9 Å². The van der Waals surface area contributed by atoms with E-state index in [0.29, 0.717) is 5.92 Å². The predicted molar refractivity (Wildman–Crippen MR) is 116 cm³/mol. The third-order valence-corrected chi connectivity index (χ3v) is 4.27. The maximum atomic E-state index is 5.88. The zero-order valence-electron chi connectivity index (χ0n) is 15.9. The van der Waals surface area contributed by atoms with Gasteiger partial charge in [0, 0.05) is 39.8 Å². The first-order chi connectivity index (χ1) is 11.6. The topological polar surface area (TPSA) is 48.9 Å². The van der Waals surface area contributed by atoms with E-state index in [-0.39, 0.29) is 30.1 Å². The summed E-state index contributed by atoms with van der Waals surface area (Å²) in [5.41, 5.74) is 2.58. The zero-order valence-corrected chi connectivity index (χ0v) is 18.2. The van der Waals surface area contributed by atoms with E-state index in [1.165, 1.54) is 11.1 Å². The van der Waals surface area contributed by atoms with Gasteiger partial charge in [-0.3, -0.25) is 9.89 Å². The predicted octanol–water partition coefficient (Wildman–Crippen LogP) is 2.63. The number of aliphatic imine (C=N–C) groups is 1.